The molecule has 10 heteroatoms. The van der Waals surface area contributed by atoms with Gasteiger partial charge >= 0.3 is 0 Å². The molecule has 0 amide bonds. The van der Waals surface area contributed by atoms with Gasteiger partial charge in [-0.3, -0.25) is 4.72 Å². The minimum Gasteiger partial charge on any atom is -0.439 e. The van der Waals surface area contributed by atoms with E-state index >= 15 is 0 Å². The Hall–Kier alpha value is -3.24. The Labute approximate surface area is 194 Å². The summed E-state index contributed by atoms with van der Waals surface area (Å²) in [7, 11) is -3.73. The smallest absolute Gasteiger partial charge is 0.263 e. The highest BCUT2D eigenvalue weighted by molar-refractivity contribution is 9.10. The van der Waals surface area contributed by atoms with Crippen LogP contribution in [0.15, 0.2) is 70.3 Å². The highest BCUT2D eigenvalue weighted by atomic mass is 79.9. The first-order chi connectivity index (χ1) is 15.2. The highest BCUT2D eigenvalue weighted by Gasteiger charge is 2.17. The Morgan fingerprint density at radius 1 is 1.00 bits per heavy atom. The van der Waals surface area contributed by atoms with Gasteiger partial charge in [0.1, 0.15) is 17.0 Å². The first kappa shape index (κ1) is 22.0. The van der Waals surface area contributed by atoms with Crippen molar-refractivity contribution in [1.29, 1.82) is 0 Å². The second kappa shape index (κ2) is 8.71. The molecule has 0 spiro atoms. The third-order valence-corrected chi connectivity index (χ3v) is 7.35. The van der Waals surface area contributed by atoms with Crippen LogP contribution in [0, 0.1) is 20.8 Å². The summed E-state index contributed by atoms with van der Waals surface area (Å²) in [5.74, 6) is 1.45. The van der Waals surface area contributed by atoms with Crippen molar-refractivity contribution in [3.05, 3.63) is 82.3 Å². The van der Waals surface area contributed by atoms with Crippen LogP contribution in [-0.2, 0) is 10.0 Å². The van der Waals surface area contributed by atoms with Gasteiger partial charge in [0.05, 0.1) is 5.69 Å². The van der Waals surface area contributed by atoms with Crippen molar-refractivity contribution in [3.8, 4) is 17.4 Å². The Morgan fingerprint density at radius 2 is 1.72 bits per heavy atom. The van der Waals surface area contributed by atoms with Crippen molar-refractivity contribution < 1.29 is 13.2 Å². The molecule has 2 aromatic heterocycles. The summed E-state index contributed by atoms with van der Waals surface area (Å²) >= 11 is 3.27. The summed E-state index contributed by atoms with van der Waals surface area (Å²) in [5.41, 5.74) is 3.44. The number of hydrogen-bond donors (Lipinski definition) is 1. The van der Waals surface area contributed by atoms with Crippen molar-refractivity contribution in [1.82, 2.24) is 19.7 Å². The fraction of sp³-hybridized carbons (Fsp3) is 0.136. The van der Waals surface area contributed by atoms with Gasteiger partial charge in [-0.1, -0.05) is 12.1 Å². The van der Waals surface area contributed by atoms with Crippen LogP contribution in [0.2, 0.25) is 0 Å². The average Bonchev–Trinajstić information content (AvgIpc) is 3.03. The summed E-state index contributed by atoms with van der Waals surface area (Å²) < 4.78 is 35.9. The van der Waals surface area contributed by atoms with Crippen LogP contribution in [0.25, 0.3) is 5.82 Å². The van der Waals surface area contributed by atoms with E-state index in [9.17, 15) is 8.42 Å². The van der Waals surface area contributed by atoms with Gasteiger partial charge in [0, 0.05) is 21.9 Å². The number of aryl methyl sites for hydroxylation is 1. The maximum absolute atomic E-state index is 12.6. The minimum atomic E-state index is -3.73. The van der Waals surface area contributed by atoms with Crippen molar-refractivity contribution >= 4 is 31.6 Å². The molecule has 0 atom stereocenters. The van der Waals surface area contributed by atoms with Crippen molar-refractivity contribution in [2.24, 2.45) is 0 Å². The third kappa shape index (κ3) is 4.51. The number of anilines is 1. The van der Waals surface area contributed by atoms with E-state index in [1.54, 1.807) is 53.2 Å². The fourth-order valence-electron chi connectivity index (χ4n) is 3.03. The normalized spacial score (nSPS) is 11.4. The number of ether oxygens (including phenoxy) is 1. The molecule has 0 aliphatic carbocycles. The predicted molar refractivity (Wildman–Crippen MR) is 125 cm³/mol. The van der Waals surface area contributed by atoms with E-state index in [0.717, 1.165) is 17.0 Å². The van der Waals surface area contributed by atoms with E-state index in [0.29, 0.717) is 27.6 Å². The quantitative estimate of drug-likeness (QED) is 0.391. The molecule has 0 radical (unpaired) electrons. The van der Waals surface area contributed by atoms with Crippen LogP contribution in [0.1, 0.15) is 17.0 Å². The molecule has 0 aliphatic heterocycles. The summed E-state index contributed by atoms with van der Waals surface area (Å²) in [6, 6.07) is 14.9. The Balaban J connectivity index is 1.51. The van der Waals surface area contributed by atoms with E-state index in [2.05, 4.69) is 35.7 Å². The molecule has 8 nitrogen and oxygen atoms in total. The molecule has 0 bridgehead atoms. The van der Waals surface area contributed by atoms with Crippen molar-refractivity contribution in [2.75, 3.05) is 4.72 Å². The molecule has 4 rings (SSSR count). The number of nitrogens with zero attached hydrogens (tertiary/aromatic N) is 4. The predicted octanol–water partition coefficient (Wildman–Crippen LogP) is 4.94. The van der Waals surface area contributed by atoms with Gasteiger partial charge in [-0.25, -0.2) is 23.1 Å². The summed E-state index contributed by atoms with van der Waals surface area (Å²) in [6.45, 7) is 5.94. The summed E-state index contributed by atoms with van der Waals surface area (Å²) in [5, 5.41) is 4.51. The lowest BCUT2D eigenvalue weighted by Gasteiger charge is -2.11. The lowest BCUT2D eigenvalue weighted by molar-refractivity contribution is 0.460. The molecular formula is C22H20BrN5O3S. The van der Waals surface area contributed by atoms with Gasteiger partial charge in [-0.2, -0.15) is 5.10 Å². The molecule has 2 aromatic carbocycles. The number of rotatable bonds is 6. The van der Waals surface area contributed by atoms with Crippen molar-refractivity contribution in [3.63, 3.8) is 0 Å². The van der Waals surface area contributed by atoms with Crippen molar-refractivity contribution in [2.45, 2.75) is 25.7 Å². The summed E-state index contributed by atoms with van der Waals surface area (Å²) in [4.78, 5) is 8.61. The molecule has 32 heavy (non-hydrogen) atoms. The van der Waals surface area contributed by atoms with Gasteiger partial charge in [-0.05, 0) is 78.7 Å². The molecule has 1 N–H and O–H groups in total. The molecule has 0 saturated carbocycles. The van der Waals surface area contributed by atoms with Gasteiger partial charge < -0.3 is 4.74 Å². The van der Waals surface area contributed by atoms with Crippen LogP contribution in [-0.4, -0.2) is 28.2 Å². The average molecular weight is 514 g/mol. The second-order valence-corrected chi connectivity index (χ2v) is 9.59. The standard InChI is InChI=1S/C22H20BrN5O3S/c1-14-15(2)26-28(16(14)3)21-12-22(25-13-24-21)31-18-10-8-17(9-11-18)27-32(29,30)20-7-5-4-6-19(20)23/h4-13,27H,1-3H3. The summed E-state index contributed by atoms with van der Waals surface area (Å²) in [6.07, 6.45) is 1.41. The number of nitrogens with one attached hydrogen (secondary N) is 1. The van der Waals surface area contributed by atoms with Crippen LogP contribution in [0.5, 0.6) is 11.6 Å². The van der Waals surface area contributed by atoms with E-state index in [1.165, 1.54) is 12.4 Å². The first-order valence-corrected chi connectivity index (χ1v) is 11.9. The van der Waals surface area contributed by atoms with E-state index in [1.807, 2.05) is 20.8 Å². The number of aromatic nitrogens is 4. The molecule has 0 aliphatic rings. The largest absolute Gasteiger partial charge is 0.439 e. The number of sulfonamides is 1. The number of benzene rings is 2. The Kier molecular flexibility index (Phi) is 5.98. The van der Waals surface area contributed by atoms with E-state index in [-0.39, 0.29) is 4.90 Å². The lowest BCUT2D eigenvalue weighted by Crippen LogP contribution is -2.13. The maximum atomic E-state index is 12.6. The van der Waals surface area contributed by atoms with Crippen LogP contribution >= 0.6 is 15.9 Å². The first-order valence-electron chi connectivity index (χ1n) is 9.65. The van der Waals surface area contributed by atoms with Gasteiger partial charge in [-0.15, -0.1) is 0 Å². The molecule has 2 heterocycles. The van der Waals surface area contributed by atoms with E-state index in [4.69, 9.17) is 4.74 Å². The van der Waals surface area contributed by atoms with Gasteiger partial charge in [0.2, 0.25) is 5.88 Å². The van der Waals surface area contributed by atoms with Crippen LogP contribution < -0.4 is 9.46 Å². The number of halogens is 1. The molecule has 0 saturated heterocycles. The van der Waals surface area contributed by atoms with Crippen LogP contribution in [0.3, 0.4) is 0 Å². The monoisotopic (exact) mass is 513 g/mol. The molecular weight excluding hydrogens is 494 g/mol. The Morgan fingerprint density at radius 3 is 2.38 bits per heavy atom. The maximum Gasteiger partial charge on any atom is 0.263 e. The van der Waals surface area contributed by atoms with Gasteiger partial charge in [0.15, 0.2) is 5.82 Å². The zero-order valence-corrected chi connectivity index (χ0v) is 20.0. The van der Waals surface area contributed by atoms with E-state index < -0.39 is 10.0 Å². The lowest BCUT2D eigenvalue weighted by atomic mass is 10.2. The fourth-order valence-corrected chi connectivity index (χ4v) is 5.09. The molecule has 164 valence electrons. The molecule has 4 aromatic rings. The SMILES string of the molecule is Cc1nn(-c2cc(Oc3ccc(NS(=O)(=O)c4ccccc4Br)cc3)ncn2)c(C)c1C. The number of hydrogen-bond acceptors (Lipinski definition) is 6. The Bertz CT molecular complexity index is 1390. The molecule has 0 unspecified atom stereocenters. The third-order valence-electron chi connectivity index (χ3n) is 4.95. The molecule has 0 fully saturated rings. The van der Waals surface area contributed by atoms with Crippen LogP contribution in [0.4, 0.5) is 5.69 Å². The topological polar surface area (TPSA) is 99.0 Å². The zero-order valence-electron chi connectivity index (χ0n) is 17.6. The van der Waals surface area contributed by atoms with Gasteiger partial charge in [0.25, 0.3) is 10.0 Å². The zero-order chi connectivity index (χ0) is 22.9. The second-order valence-electron chi connectivity index (χ2n) is 7.08. The minimum absolute atomic E-state index is 0.160. The highest BCUT2D eigenvalue weighted by Crippen LogP contribution is 2.26.